The van der Waals surface area contributed by atoms with Gasteiger partial charge in [0.05, 0.1) is 16.8 Å². The van der Waals surface area contributed by atoms with Gasteiger partial charge in [-0.05, 0) is 42.5 Å². The summed E-state index contributed by atoms with van der Waals surface area (Å²) in [7, 11) is 0. The smallest absolute Gasteiger partial charge is 0.340 e. The molecule has 0 fully saturated rings. The molecule has 0 saturated heterocycles. The summed E-state index contributed by atoms with van der Waals surface area (Å²) in [6, 6.07) is 15.3. The van der Waals surface area contributed by atoms with Crippen LogP contribution in [0.2, 0.25) is 0 Å². The van der Waals surface area contributed by atoms with Gasteiger partial charge in [0.1, 0.15) is 0 Å². The highest BCUT2D eigenvalue weighted by Crippen LogP contribution is 2.25. The molecule has 1 heterocycles. The average molecular weight is 390 g/mol. The fourth-order valence-corrected chi connectivity index (χ4v) is 3.47. The number of fused-ring (bicyclic) bond motifs is 1. The third-order valence-electron chi connectivity index (χ3n) is 4.96. The topological polar surface area (TPSA) is 68.3 Å². The lowest BCUT2D eigenvalue weighted by molar-refractivity contribution is -0.119. The minimum absolute atomic E-state index is 0.271. The van der Waals surface area contributed by atoms with Crippen LogP contribution in [0.5, 0.6) is 0 Å². The molecule has 0 aliphatic carbocycles. The summed E-state index contributed by atoms with van der Waals surface area (Å²) in [5.74, 6) is -0.617. The first kappa shape index (κ1) is 20.5. The van der Waals surface area contributed by atoms with E-state index in [-0.39, 0.29) is 18.4 Å². The molecule has 5 nitrogen and oxygen atoms in total. The van der Waals surface area contributed by atoms with Crippen molar-refractivity contribution >= 4 is 28.5 Å². The fourth-order valence-electron chi connectivity index (χ4n) is 3.47. The van der Waals surface area contributed by atoms with Crippen LogP contribution in [-0.4, -0.2) is 23.5 Å². The Morgan fingerprint density at radius 1 is 1.07 bits per heavy atom. The van der Waals surface area contributed by atoms with Crippen LogP contribution in [0.3, 0.4) is 0 Å². The van der Waals surface area contributed by atoms with E-state index in [4.69, 9.17) is 4.74 Å². The van der Waals surface area contributed by atoms with Gasteiger partial charge >= 0.3 is 5.97 Å². The predicted octanol–water partition coefficient (Wildman–Crippen LogP) is 5.02. The van der Waals surface area contributed by atoms with Gasteiger partial charge < -0.3 is 10.1 Å². The molecule has 1 N–H and O–H groups in total. The second-order valence-corrected chi connectivity index (χ2v) is 7.30. The van der Waals surface area contributed by atoms with Crippen LogP contribution in [-0.2, 0) is 16.0 Å². The average Bonchev–Trinajstić information content (AvgIpc) is 2.72. The number of aryl methyl sites for hydroxylation is 2. The number of amides is 1. The highest BCUT2D eigenvalue weighted by molar-refractivity contribution is 6.00. The molecule has 0 radical (unpaired) electrons. The molecule has 0 saturated carbocycles. The first-order valence-corrected chi connectivity index (χ1v) is 9.86. The summed E-state index contributed by atoms with van der Waals surface area (Å²) in [4.78, 5) is 29.7. The Balaban J connectivity index is 1.76. The Labute approximate surface area is 171 Å². The van der Waals surface area contributed by atoms with E-state index in [2.05, 4.69) is 24.1 Å². The maximum atomic E-state index is 12.8. The number of pyridine rings is 1. The maximum Gasteiger partial charge on any atom is 0.340 e. The number of hydrogen-bond donors (Lipinski definition) is 1. The van der Waals surface area contributed by atoms with E-state index >= 15 is 0 Å². The lowest BCUT2D eigenvalue weighted by Gasteiger charge is -2.15. The van der Waals surface area contributed by atoms with E-state index in [1.165, 1.54) is 0 Å². The predicted molar refractivity (Wildman–Crippen MR) is 115 cm³/mol. The zero-order valence-electron chi connectivity index (χ0n) is 17.3. The summed E-state index contributed by atoms with van der Waals surface area (Å²) in [5, 5.41) is 3.75. The van der Waals surface area contributed by atoms with E-state index in [1.807, 2.05) is 62.4 Å². The largest absolute Gasteiger partial charge is 0.452 e. The highest BCUT2D eigenvalue weighted by atomic mass is 16.5. The van der Waals surface area contributed by atoms with Crippen molar-refractivity contribution in [2.75, 3.05) is 11.9 Å². The normalized spacial score (nSPS) is 10.9. The first-order chi connectivity index (χ1) is 13.9. The molecule has 3 aromatic rings. The van der Waals surface area contributed by atoms with Crippen LogP contribution in [0, 0.1) is 6.92 Å². The number of aromatic nitrogens is 1. The third kappa shape index (κ3) is 4.45. The molecule has 0 aliphatic heterocycles. The minimum Gasteiger partial charge on any atom is -0.452 e. The lowest BCUT2D eigenvalue weighted by Crippen LogP contribution is -2.23. The van der Waals surface area contributed by atoms with Crippen molar-refractivity contribution in [2.45, 2.75) is 40.0 Å². The van der Waals surface area contributed by atoms with Gasteiger partial charge in [-0.15, -0.1) is 0 Å². The number of rotatable bonds is 6. The highest BCUT2D eigenvalue weighted by Gasteiger charge is 2.20. The van der Waals surface area contributed by atoms with Gasteiger partial charge in [-0.25, -0.2) is 4.79 Å². The number of carbonyl (C=O) groups excluding carboxylic acids is 2. The lowest BCUT2D eigenvalue weighted by atomic mass is 10.0. The van der Waals surface area contributed by atoms with Gasteiger partial charge in [0.25, 0.3) is 5.91 Å². The van der Waals surface area contributed by atoms with Gasteiger partial charge in [-0.3, -0.25) is 9.78 Å². The fraction of sp³-hybridized carbons (Fsp3) is 0.292. The van der Waals surface area contributed by atoms with E-state index in [1.54, 1.807) is 0 Å². The van der Waals surface area contributed by atoms with Crippen molar-refractivity contribution in [1.82, 2.24) is 4.98 Å². The van der Waals surface area contributed by atoms with Gasteiger partial charge in [0, 0.05) is 11.1 Å². The van der Waals surface area contributed by atoms with Crippen LogP contribution in [0.15, 0.2) is 48.5 Å². The number of nitrogens with one attached hydrogen (secondary N) is 1. The molecule has 5 heteroatoms. The second kappa shape index (κ2) is 8.86. The molecular weight excluding hydrogens is 364 g/mol. The van der Waals surface area contributed by atoms with E-state index in [9.17, 15) is 9.59 Å². The Morgan fingerprint density at radius 3 is 2.48 bits per heavy atom. The van der Waals surface area contributed by atoms with Gasteiger partial charge in [0.2, 0.25) is 0 Å². The van der Waals surface area contributed by atoms with Crippen molar-refractivity contribution in [1.29, 1.82) is 0 Å². The van der Waals surface area contributed by atoms with Crippen LogP contribution >= 0.6 is 0 Å². The number of esters is 1. The van der Waals surface area contributed by atoms with Crippen molar-refractivity contribution in [3.8, 4) is 0 Å². The van der Waals surface area contributed by atoms with E-state index in [0.29, 0.717) is 17.7 Å². The molecule has 1 amide bonds. The molecule has 0 unspecified atom stereocenters. The Hall–Kier alpha value is -3.21. The number of carbonyl (C=O) groups is 2. The standard InChI is InChI=1S/C24H26N2O3/c1-5-19-23(16(4)18-11-7-9-13-21(18)25-19)24(28)29-14-22(27)26-20-12-8-6-10-17(20)15(2)3/h6-13,15H,5,14H2,1-4H3,(H,26,27). The molecule has 150 valence electrons. The third-order valence-corrected chi connectivity index (χ3v) is 4.96. The number of hydrogen-bond acceptors (Lipinski definition) is 4. The Morgan fingerprint density at radius 2 is 1.76 bits per heavy atom. The van der Waals surface area contributed by atoms with Crippen molar-refractivity contribution < 1.29 is 14.3 Å². The molecule has 29 heavy (non-hydrogen) atoms. The molecule has 0 bridgehead atoms. The number of para-hydroxylation sites is 2. The summed E-state index contributed by atoms with van der Waals surface area (Å²) >= 11 is 0. The van der Waals surface area contributed by atoms with Crippen molar-refractivity contribution in [3.63, 3.8) is 0 Å². The molecule has 0 spiro atoms. The minimum atomic E-state index is -0.523. The number of anilines is 1. The zero-order chi connectivity index (χ0) is 21.0. The Kier molecular flexibility index (Phi) is 6.27. The summed E-state index contributed by atoms with van der Waals surface area (Å²) in [6.07, 6.45) is 0.601. The molecule has 0 aliphatic rings. The van der Waals surface area contributed by atoms with Crippen LogP contribution in [0.1, 0.15) is 53.9 Å². The number of benzene rings is 2. The molecular formula is C24H26N2O3. The van der Waals surface area contributed by atoms with Crippen molar-refractivity contribution in [3.05, 3.63) is 70.9 Å². The van der Waals surface area contributed by atoms with Gasteiger partial charge in [0.15, 0.2) is 6.61 Å². The van der Waals surface area contributed by atoms with Crippen molar-refractivity contribution in [2.24, 2.45) is 0 Å². The monoisotopic (exact) mass is 390 g/mol. The molecule has 0 atom stereocenters. The zero-order valence-corrected chi connectivity index (χ0v) is 17.3. The van der Waals surface area contributed by atoms with E-state index < -0.39 is 5.97 Å². The number of ether oxygens (including phenoxy) is 1. The Bertz CT molecular complexity index is 1060. The van der Waals surface area contributed by atoms with Crippen LogP contribution in [0.25, 0.3) is 10.9 Å². The van der Waals surface area contributed by atoms with Crippen LogP contribution in [0.4, 0.5) is 5.69 Å². The number of nitrogens with zero attached hydrogens (tertiary/aromatic N) is 1. The summed E-state index contributed by atoms with van der Waals surface area (Å²) < 4.78 is 5.34. The molecule has 2 aromatic carbocycles. The quantitative estimate of drug-likeness (QED) is 0.600. The summed E-state index contributed by atoms with van der Waals surface area (Å²) in [5.41, 5.74) is 4.57. The first-order valence-electron chi connectivity index (χ1n) is 9.86. The molecule has 1 aromatic heterocycles. The van der Waals surface area contributed by atoms with E-state index in [0.717, 1.165) is 27.7 Å². The van der Waals surface area contributed by atoms with Crippen LogP contribution < -0.4 is 5.32 Å². The summed E-state index contributed by atoms with van der Waals surface area (Å²) in [6.45, 7) is 7.61. The second-order valence-electron chi connectivity index (χ2n) is 7.30. The maximum absolute atomic E-state index is 12.8. The molecule has 3 rings (SSSR count). The SMILES string of the molecule is CCc1nc2ccccc2c(C)c1C(=O)OCC(=O)Nc1ccccc1C(C)C. The van der Waals surface area contributed by atoms with Gasteiger partial charge in [-0.1, -0.05) is 57.2 Å². The van der Waals surface area contributed by atoms with Gasteiger partial charge in [-0.2, -0.15) is 0 Å².